The third-order valence-electron chi connectivity index (χ3n) is 3.29. The van der Waals surface area contributed by atoms with Gasteiger partial charge in [0.25, 0.3) is 5.69 Å². The summed E-state index contributed by atoms with van der Waals surface area (Å²) in [6.07, 6.45) is 1.57. The van der Waals surface area contributed by atoms with E-state index in [9.17, 15) is 14.9 Å². The fourth-order valence-electron chi connectivity index (χ4n) is 2.12. The summed E-state index contributed by atoms with van der Waals surface area (Å²) in [6, 6.07) is 13.6. The Labute approximate surface area is 140 Å². The first kappa shape index (κ1) is 15.8. The van der Waals surface area contributed by atoms with Gasteiger partial charge in [-0.3, -0.25) is 14.9 Å². The van der Waals surface area contributed by atoms with Crippen LogP contribution in [0.15, 0.2) is 53.6 Å². The molecule has 1 N–H and O–H groups in total. The molecule has 0 atom stereocenters. The van der Waals surface area contributed by atoms with Gasteiger partial charge >= 0.3 is 0 Å². The minimum Gasteiger partial charge on any atom is -0.273 e. The second-order valence-corrected chi connectivity index (χ2v) is 5.75. The molecule has 0 aliphatic rings. The molecule has 0 spiro atoms. The van der Waals surface area contributed by atoms with E-state index in [-0.39, 0.29) is 18.0 Å². The molecule has 1 heterocycles. The van der Waals surface area contributed by atoms with Crippen LogP contribution in [-0.4, -0.2) is 21.4 Å². The number of nitro benzene ring substituents is 1. The van der Waals surface area contributed by atoms with Crippen molar-refractivity contribution in [3.05, 3.63) is 69.9 Å². The summed E-state index contributed by atoms with van der Waals surface area (Å²) in [6.45, 7) is 0. The molecular weight excluding hydrogens is 328 g/mol. The molecule has 3 rings (SSSR count). The number of hydrogen-bond acceptors (Lipinski definition) is 6. The quantitative estimate of drug-likeness (QED) is 0.439. The van der Waals surface area contributed by atoms with Crippen LogP contribution in [0.4, 0.5) is 5.69 Å². The van der Waals surface area contributed by atoms with Gasteiger partial charge in [0.15, 0.2) is 0 Å². The van der Waals surface area contributed by atoms with Gasteiger partial charge in [0.05, 0.1) is 28.0 Å². The number of carbonyl (C=O) groups excluding carboxylic acids is 1. The number of hydrazone groups is 1. The number of nitrogens with one attached hydrogen (secondary N) is 1. The van der Waals surface area contributed by atoms with Gasteiger partial charge in [-0.05, 0) is 35.3 Å². The highest BCUT2D eigenvalue weighted by molar-refractivity contribution is 7.13. The number of nitrogens with zero attached hydrogens (tertiary/aromatic N) is 3. The van der Waals surface area contributed by atoms with E-state index < -0.39 is 4.92 Å². The first-order valence-corrected chi connectivity index (χ1v) is 7.80. The number of non-ortho nitro benzene ring substituents is 1. The highest BCUT2D eigenvalue weighted by atomic mass is 32.1. The van der Waals surface area contributed by atoms with Gasteiger partial charge in [-0.15, -0.1) is 0 Å². The van der Waals surface area contributed by atoms with E-state index in [2.05, 4.69) is 14.9 Å². The van der Waals surface area contributed by atoms with E-state index >= 15 is 0 Å². The van der Waals surface area contributed by atoms with Crippen LogP contribution >= 0.6 is 11.5 Å². The average Bonchev–Trinajstić information content (AvgIpc) is 2.98. The van der Waals surface area contributed by atoms with Crippen LogP contribution in [0.3, 0.4) is 0 Å². The number of nitro groups is 1. The van der Waals surface area contributed by atoms with Crippen molar-refractivity contribution in [3.8, 4) is 0 Å². The van der Waals surface area contributed by atoms with Crippen LogP contribution in [0, 0.1) is 10.1 Å². The van der Waals surface area contributed by atoms with Crippen molar-refractivity contribution in [1.29, 1.82) is 0 Å². The molecule has 0 aliphatic carbocycles. The number of aromatic nitrogens is 1. The Morgan fingerprint density at radius 3 is 2.75 bits per heavy atom. The minimum absolute atomic E-state index is 0.00611. The third kappa shape index (κ3) is 3.61. The van der Waals surface area contributed by atoms with E-state index in [1.165, 1.54) is 29.9 Å². The largest absolute Gasteiger partial charge is 0.273 e. The second kappa shape index (κ2) is 6.97. The highest BCUT2D eigenvalue weighted by Gasteiger charge is 2.09. The van der Waals surface area contributed by atoms with Crippen LogP contribution in [0.25, 0.3) is 10.1 Å². The molecule has 0 radical (unpaired) electrons. The Morgan fingerprint density at radius 2 is 2.00 bits per heavy atom. The molecule has 1 aromatic heterocycles. The molecule has 0 unspecified atom stereocenters. The van der Waals surface area contributed by atoms with E-state index in [4.69, 9.17) is 0 Å². The molecule has 0 aliphatic heterocycles. The molecule has 0 saturated heterocycles. The van der Waals surface area contributed by atoms with E-state index in [0.717, 1.165) is 15.8 Å². The summed E-state index contributed by atoms with van der Waals surface area (Å²) in [5, 5.41) is 15.4. The maximum atomic E-state index is 11.9. The van der Waals surface area contributed by atoms with Crippen molar-refractivity contribution in [3.63, 3.8) is 0 Å². The van der Waals surface area contributed by atoms with Crippen molar-refractivity contribution >= 4 is 39.4 Å². The molecule has 2 aromatic carbocycles. The standard InChI is InChI=1S/C16H12N4O3S/c21-16(9-14-13-3-1-2-4-15(13)24-19-14)18-17-10-11-5-7-12(8-6-11)20(22)23/h1-8,10H,9H2,(H,18,21)/b17-10+. The molecule has 0 fully saturated rings. The first-order valence-electron chi connectivity index (χ1n) is 7.03. The molecule has 1 amide bonds. The Bertz CT molecular complexity index is 918. The highest BCUT2D eigenvalue weighted by Crippen LogP contribution is 2.22. The molecule has 8 heteroatoms. The summed E-state index contributed by atoms with van der Waals surface area (Å²) >= 11 is 1.36. The summed E-state index contributed by atoms with van der Waals surface area (Å²) in [5.74, 6) is -0.274. The van der Waals surface area contributed by atoms with Gasteiger partial charge in [-0.1, -0.05) is 18.2 Å². The maximum Gasteiger partial charge on any atom is 0.269 e. The van der Waals surface area contributed by atoms with Crippen LogP contribution in [0.1, 0.15) is 11.3 Å². The number of fused-ring (bicyclic) bond motifs is 1. The predicted octanol–water partition coefficient (Wildman–Crippen LogP) is 2.90. The van der Waals surface area contributed by atoms with Gasteiger partial charge < -0.3 is 0 Å². The number of benzene rings is 2. The summed E-state index contributed by atoms with van der Waals surface area (Å²) in [4.78, 5) is 22.0. The van der Waals surface area contributed by atoms with Crippen molar-refractivity contribution in [2.75, 3.05) is 0 Å². The van der Waals surface area contributed by atoms with Gasteiger partial charge in [-0.2, -0.15) is 9.47 Å². The van der Waals surface area contributed by atoms with Gasteiger partial charge in [0.1, 0.15) is 0 Å². The SMILES string of the molecule is O=C(Cc1nsc2ccccc12)N/N=C/c1ccc([N+](=O)[O-])cc1. The Morgan fingerprint density at radius 1 is 1.25 bits per heavy atom. The van der Waals surface area contributed by atoms with E-state index in [0.29, 0.717) is 5.56 Å². The lowest BCUT2D eigenvalue weighted by Crippen LogP contribution is -2.20. The normalized spacial score (nSPS) is 11.0. The molecule has 3 aromatic rings. The molecule has 0 saturated carbocycles. The van der Waals surface area contributed by atoms with Crippen LogP contribution in [0.2, 0.25) is 0 Å². The molecule has 120 valence electrons. The van der Waals surface area contributed by atoms with Crippen molar-refractivity contribution < 1.29 is 9.72 Å². The Kier molecular flexibility index (Phi) is 4.57. The molecule has 7 nitrogen and oxygen atoms in total. The number of amides is 1. The smallest absolute Gasteiger partial charge is 0.269 e. The Hall–Kier alpha value is -3.13. The first-order chi connectivity index (χ1) is 11.6. The average molecular weight is 340 g/mol. The zero-order valence-electron chi connectivity index (χ0n) is 12.4. The van der Waals surface area contributed by atoms with Gasteiger partial charge in [0, 0.05) is 17.5 Å². The fourth-order valence-corrected chi connectivity index (χ4v) is 2.91. The lowest BCUT2D eigenvalue weighted by molar-refractivity contribution is -0.384. The van der Waals surface area contributed by atoms with E-state index in [1.54, 1.807) is 12.1 Å². The number of carbonyl (C=O) groups is 1. The fraction of sp³-hybridized carbons (Fsp3) is 0.0625. The lowest BCUT2D eigenvalue weighted by Gasteiger charge is -1.98. The number of hydrogen-bond donors (Lipinski definition) is 1. The molecular formula is C16H12N4O3S. The Balaban J connectivity index is 1.60. The van der Waals surface area contributed by atoms with Crippen molar-refractivity contribution in [2.24, 2.45) is 5.10 Å². The zero-order valence-corrected chi connectivity index (χ0v) is 13.2. The van der Waals surface area contributed by atoms with Gasteiger partial charge in [0.2, 0.25) is 5.91 Å². The van der Waals surface area contributed by atoms with Crippen LogP contribution < -0.4 is 5.43 Å². The minimum atomic E-state index is -0.471. The second-order valence-electron chi connectivity index (χ2n) is 4.94. The number of rotatable bonds is 5. The monoisotopic (exact) mass is 340 g/mol. The third-order valence-corrected chi connectivity index (χ3v) is 4.15. The predicted molar refractivity (Wildman–Crippen MR) is 92.2 cm³/mol. The summed E-state index contributed by atoms with van der Waals surface area (Å²) < 4.78 is 5.33. The molecule has 0 bridgehead atoms. The zero-order chi connectivity index (χ0) is 16.9. The topological polar surface area (TPSA) is 97.5 Å². The van der Waals surface area contributed by atoms with Crippen molar-refractivity contribution in [1.82, 2.24) is 9.80 Å². The van der Waals surface area contributed by atoms with Crippen molar-refractivity contribution in [2.45, 2.75) is 6.42 Å². The molecule has 24 heavy (non-hydrogen) atoms. The maximum absolute atomic E-state index is 11.9. The summed E-state index contributed by atoms with van der Waals surface area (Å²) in [7, 11) is 0. The summed E-state index contributed by atoms with van der Waals surface area (Å²) in [5.41, 5.74) is 3.81. The van der Waals surface area contributed by atoms with E-state index in [1.807, 2.05) is 24.3 Å². The van der Waals surface area contributed by atoms with Gasteiger partial charge in [-0.25, -0.2) is 5.43 Å². The van der Waals surface area contributed by atoms with Crippen LogP contribution in [-0.2, 0) is 11.2 Å². The lowest BCUT2D eigenvalue weighted by atomic mass is 10.2. The van der Waals surface area contributed by atoms with Crippen LogP contribution in [0.5, 0.6) is 0 Å².